The molecular weight excluding hydrogens is 458 g/mol. The Kier molecular flexibility index (Phi) is 7.93. The molecule has 1 fully saturated rings. The molecule has 1 aliphatic heterocycles. The first kappa shape index (κ1) is 24.3. The van der Waals surface area contributed by atoms with Crippen LogP contribution in [-0.2, 0) is 11.3 Å². The first-order valence-corrected chi connectivity index (χ1v) is 11.7. The van der Waals surface area contributed by atoms with E-state index in [2.05, 4.69) is 24.0 Å². The van der Waals surface area contributed by atoms with Gasteiger partial charge in [-0.2, -0.15) is 0 Å². The van der Waals surface area contributed by atoms with Crippen LogP contribution in [-0.4, -0.2) is 48.4 Å². The number of aryl methyl sites for hydroxylation is 1. The number of benzene rings is 3. The second kappa shape index (κ2) is 11.1. The number of piperazine rings is 1. The van der Waals surface area contributed by atoms with Crippen LogP contribution in [0.1, 0.15) is 33.2 Å². The molecule has 1 amide bonds. The normalized spacial score (nSPS) is 15.4. The zero-order valence-electron chi connectivity index (χ0n) is 19.0. The van der Waals surface area contributed by atoms with Crippen molar-refractivity contribution in [3.05, 3.63) is 106 Å². The highest BCUT2D eigenvalue weighted by atomic mass is 35.5. The Labute approximate surface area is 203 Å². The standard InChI is InChI=1S/C27H27ClF2N2O2/c1-19-3-2-4-20(15-19)18-34-26(21-5-7-22(28)8-6-21)17-31-11-13-32(14-12-31)27(33)24-16-23(29)9-10-25(24)30/h2-10,15-16,26H,11-14,17-18H2,1H3/t26-/m0/s1. The summed E-state index contributed by atoms with van der Waals surface area (Å²) in [6.07, 6.45) is -0.180. The monoisotopic (exact) mass is 484 g/mol. The number of carbonyl (C=O) groups is 1. The average molecular weight is 485 g/mol. The summed E-state index contributed by atoms with van der Waals surface area (Å²) >= 11 is 6.08. The maximum atomic E-state index is 14.0. The van der Waals surface area contributed by atoms with Crippen molar-refractivity contribution < 1.29 is 18.3 Å². The second-order valence-electron chi connectivity index (χ2n) is 8.56. The lowest BCUT2D eigenvalue weighted by atomic mass is 10.1. The van der Waals surface area contributed by atoms with E-state index in [9.17, 15) is 13.6 Å². The highest BCUT2D eigenvalue weighted by molar-refractivity contribution is 6.30. The van der Waals surface area contributed by atoms with E-state index < -0.39 is 17.5 Å². The molecule has 4 rings (SSSR count). The van der Waals surface area contributed by atoms with Crippen LogP contribution in [0.15, 0.2) is 66.7 Å². The molecule has 1 heterocycles. The van der Waals surface area contributed by atoms with Crippen LogP contribution >= 0.6 is 11.6 Å². The first-order chi connectivity index (χ1) is 16.4. The summed E-state index contributed by atoms with van der Waals surface area (Å²) in [5, 5.41) is 0.665. The minimum Gasteiger partial charge on any atom is -0.368 e. The van der Waals surface area contributed by atoms with Crippen LogP contribution in [0.4, 0.5) is 8.78 Å². The van der Waals surface area contributed by atoms with Gasteiger partial charge in [-0.05, 0) is 48.4 Å². The molecule has 1 aliphatic rings. The molecule has 4 nitrogen and oxygen atoms in total. The molecule has 0 radical (unpaired) electrons. The molecular formula is C27H27ClF2N2O2. The van der Waals surface area contributed by atoms with Crippen LogP contribution in [0.25, 0.3) is 0 Å². The van der Waals surface area contributed by atoms with Gasteiger partial charge < -0.3 is 9.64 Å². The van der Waals surface area contributed by atoms with E-state index in [-0.39, 0.29) is 11.7 Å². The molecule has 0 aliphatic carbocycles. The van der Waals surface area contributed by atoms with Crippen LogP contribution in [0.5, 0.6) is 0 Å². The largest absolute Gasteiger partial charge is 0.368 e. The van der Waals surface area contributed by atoms with E-state index in [1.165, 1.54) is 5.56 Å². The van der Waals surface area contributed by atoms with Crippen molar-refractivity contribution in [2.45, 2.75) is 19.6 Å². The summed E-state index contributed by atoms with van der Waals surface area (Å²) in [5.41, 5.74) is 3.08. The van der Waals surface area contributed by atoms with Crippen molar-refractivity contribution in [3.8, 4) is 0 Å². The summed E-state index contributed by atoms with van der Waals surface area (Å²) in [4.78, 5) is 16.5. The van der Waals surface area contributed by atoms with Crippen LogP contribution in [0, 0.1) is 18.6 Å². The molecule has 0 spiro atoms. The fourth-order valence-corrected chi connectivity index (χ4v) is 4.26. The van der Waals surface area contributed by atoms with E-state index in [0.717, 1.165) is 29.3 Å². The summed E-state index contributed by atoms with van der Waals surface area (Å²) in [7, 11) is 0. The first-order valence-electron chi connectivity index (χ1n) is 11.3. The fraction of sp³-hybridized carbons (Fsp3) is 0.296. The Bertz CT molecular complexity index is 1130. The zero-order chi connectivity index (χ0) is 24.1. The van der Waals surface area contributed by atoms with Crippen LogP contribution in [0.3, 0.4) is 0 Å². The van der Waals surface area contributed by atoms with Gasteiger partial charge in [-0.25, -0.2) is 8.78 Å². The average Bonchev–Trinajstić information content (AvgIpc) is 2.84. The van der Waals surface area contributed by atoms with Crippen molar-refractivity contribution >= 4 is 17.5 Å². The van der Waals surface area contributed by atoms with Gasteiger partial charge >= 0.3 is 0 Å². The van der Waals surface area contributed by atoms with Crippen molar-refractivity contribution in [2.24, 2.45) is 0 Å². The maximum absolute atomic E-state index is 14.0. The smallest absolute Gasteiger partial charge is 0.257 e. The van der Waals surface area contributed by atoms with Crippen molar-refractivity contribution in [2.75, 3.05) is 32.7 Å². The minimum atomic E-state index is -0.707. The highest BCUT2D eigenvalue weighted by Gasteiger charge is 2.26. The topological polar surface area (TPSA) is 32.8 Å². The predicted molar refractivity (Wildman–Crippen MR) is 129 cm³/mol. The molecule has 1 saturated heterocycles. The Morgan fingerprint density at radius 2 is 1.74 bits per heavy atom. The molecule has 0 bridgehead atoms. The SMILES string of the molecule is Cc1cccc(CO[C@@H](CN2CCN(C(=O)c3cc(F)ccc3F)CC2)c2ccc(Cl)cc2)c1. The molecule has 7 heteroatoms. The quantitative estimate of drug-likeness (QED) is 0.435. The van der Waals surface area contributed by atoms with Gasteiger partial charge in [0.2, 0.25) is 0 Å². The molecule has 0 saturated carbocycles. The maximum Gasteiger partial charge on any atom is 0.257 e. The van der Waals surface area contributed by atoms with Gasteiger partial charge in [0.15, 0.2) is 0 Å². The zero-order valence-corrected chi connectivity index (χ0v) is 19.8. The highest BCUT2D eigenvalue weighted by Crippen LogP contribution is 2.24. The van der Waals surface area contributed by atoms with Crippen LogP contribution < -0.4 is 0 Å². The number of rotatable bonds is 7. The van der Waals surface area contributed by atoms with Gasteiger partial charge in [-0.1, -0.05) is 53.6 Å². The third-order valence-electron chi connectivity index (χ3n) is 6.02. The Morgan fingerprint density at radius 3 is 2.44 bits per heavy atom. The minimum absolute atomic E-state index is 0.180. The van der Waals surface area contributed by atoms with E-state index in [4.69, 9.17) is 16.3 Å². The number of halogens is 3. The molecule has 34 heavy (non-hydrogen) atoms. The van der Waals surface area contributed by atoms with Gasteiger partial charge in [0.25, 0.3) is 5.91 Å². The number of ether oxygens (including phenoxy) is 1. The third-order valence-corrected chi connectivity index (χ3v) is 6.27. The lowest BCUT2D eigenvalue weighted by molar-refractivity contribution is 0.00336. The molecule has 0 aromatic heterocycles. The van der Waals surface area contributed by atoms with Crippen LogP contribution in [0.2, 0.25) is 5.02 Å². The summed E-state index contributed by atoms with van der Waals surface area (Å²) in [6, 6.07) is 18.8. The summed E-state index contributed by atoms with van der Waals surface area (Å²) < 4.78 is 33.9. The number of amides is 1. The Hall–Kier alpha value is -2.80. The number of hydrogen-bond donors (Lipinski definition) is 0. The molecule has 0 unspecified atom stereocenters. The predicted octanol–water partition coefficient (Wildman–Crippen LogP) is 5.64. The molecule has 3 aromatic carbocycles. The van der Waals surface area contributed by atoms with Gasteiger partial charge in [-0.15, -0.1) is 0 Å². The second-order valence-corrected chi connectivity index (χ2v) is 8.99. The van der Waals surface area contributed by atoms with Gasteiger partial charge in [0.1, 0.15) is 11.6 Å². The molecule has 178 valence electrons. The van der Waals surface area contributed by atoms with Gasteiger partial charge in [0, 0.05) is 37.7 Å². The Morgan fingerprint density at radius 1 is 1.00 bits per heavy atom. The Balaban J connectivity index is 1.40. The van der Waals surface area contributed by atoms with Gasteiger partial charge in [0.05, 0.1) is 18.3 Å². The van der Waals surface area contributed by atoms with Crippen molar-refractivity contribution in [1.82, 2.24) is 9.80 Å². The molecule has 1 atom stereocenters. The number of hydrogen-bond acceptors (Lipinski definition) is 3. The summed E-state index contributed by atoms with van der Waals surface area (Å²) in [6.45, 7) is 5.26. The fourth-order valence-electron chi connectivity index (χ4n) is 4.13. The molecule has 0 N–H and O–H groups in total. The van der Waals surface area contributed by atoms with Crippen molar-refractivity contribution in [1.29, 1.82) is 0 Å². The lowest BCUT2D eigenvalue weighted by Gasteiger charge is -2.36. The lowest BCUT2D eigenvalue weighted by Crippen LogP contribution is -2.49. The van der Waals surface area contributed by atoms with E-state index >= 15 is 0 Å². The van der Waals surface area contributed by atoms with E-state index in [1.54, 1.807) is 4.90 Å². The van der Waals surface area contributed by atoms with E-state index in [1.807, 2.05) is 36.4 Å². The van der Waals surface area contributed by atoms with Crippen molar-refractivity contribution in [3.63, 3.8) is 0 Å². The van der Waals surface area contributed by atoms with Gasteiger partial charge in [-0.3, -0.25) is 9.69 Å². The third kappa shape index (κ3) is 6.20. The number of carbonyl (C=O) groups excluding carboxylic acids is 1. The van der Waals surface area contributed by atoms with E-state index in [0.29, 0.717) is 44.4 Å². The summed E-state index contributed by atoms with van der Waals surface area (Å²) in [5.74, 6) is -1.82. The number of nitrogens with zero attached hydrogens (tertiary/aromatic N) is 2. The molecule has 3 aromatic rings.